The van der Waals surface area contributed by atoms with Gasteiger partial charge >= 0.3 is 12.5 Å². The number of rotatable bonds is 6. The Morgan fingerprint density at radius 1 is 1.20 bits per heavy atom. The molecule has 2 amide bonds. The average molecular weight is 559 g/mol. The van der Waals surface area contributed by atoms with E-state index >= 15 is 0 Å². The molecule has 1 aliphatic rings. The number of halogens is 4. The van der Waals surface area contributed by atoms with Crippen molar-refractivity contribution in [3.63, 3.8) is 0 Å². The molecule has 1 atom stereocenters. The maximum Gasteiger partial charge on any atom is 0.573 e. The Morgan fingerprint density at radius 2 is 1.89 bits per heavy atom. The predicted molar refractivity (Wildman–Crippen MR) is 128 cm³/mol. The maximum atomic E-state index is 12.6. The second-order valence-corrected chi connectivity index (χ2v) is 9.89. The molecule has 8 nitrogen and oxygen atoms in total. The van der Waals surface area contributed by atoms with Crippen molar-refractivity contribution >= 4 is 39.4 Å². The molecule has 0 spiro atoms. The molecule has 1 saturated heterocycles. The maximum absolute atomic E-state index is 12.6. The number of alkyl halides is 3. The summed E-state index contributed by atoms with van der Waals surface area (Å²) in [5.74, 6) is 0.0584. The van der Waals surface area contributed by atoms with Crippen LogP contribution in [0.15, 0.2) is 41.0 Å². The SMILES string of the molecule is CC(C)(C)OC(=O)NC[C@H]1CCN(c2ncc(C(=O)Nc3ccc(OC(F)(F)F)cc3)cc2Br)C1. The molecule has 2 aromatic rings. The van der Waals surface area contributed by atoms with E-state index in [9.17, 15) is 22.8 Å². The second kappa shape index (κ2) is 10.7. The lowest BCUT2D eigenvalue weighted by molar-refractivity contribution is -0.274. The van der Waals surface area contributed by atoms with Crippen molar-refractivity contribution in [3.05, 3.63) is 46.6 Å². The van der Waals surface area contributed by atoms with Gasteiger partial charge in [0.1, 0.15) is 17.2 Å². The number of amides is 2. The lowest BCUT2D eigenvalue weighted by Gasteiger charge is -2.21. The fourth-order valence-corrected chi connectivity index (χ4v) is 4.06. The predicted octanol–water partition coefficient (Wildman–Crippen LogP) is 5.35. The molecule has 0 bridgehead atoms. The minimum absolute atomic E-state index is 0.225. The first kappa shape index (κ1) is 26.6. The van der Waals surface area contributed by atoms with E-state index in [2.05, 4.69) is 41.2 Å². The van der Waals surface area contributed by atoms with Gasteiger partial charge in [0.05, 0.1) is 10.0 Å². The first-order valence-corrected chi connectivity index (χ1v) is 11.6. The van der Waals surface area contributed by atoms with E-state index < -0.39 is 24.0 Å². The number of ether oxygens (including phenoxy) is 2. The van der Waals surface area contributed by atoms with Crippen molar-refractivity contribution in [2.75, 3.05) is 29.9 Å². The minimum Gasteiger partial charge on any atom is -0.444 e. The van der Waals surface area contributed by atoms with Crippen molar-refractivity contribution < 1.29 is 32.2 Å². The molecule has 2 heterocycles. The minimum atomic E-state index is -4.78. The molecule has 1 aromatic carbocycles. The first-order valence-electron chi connectivity index (χ1n) is 10.8. The highest BCUT2D eigenvalue weighted by atomic mass is 79.9. The molecule has 12 heteroatoms. The fourth-order valence-electron chi connectivity index (χ4n) is 3.46. The van der Waals surface area contributed by atoms with Crippen LogP contribution >= 0.6 is 15.9 Å². The summed E-state index contributed by atoms with van der Waals surface area (Å²) < 4.78 is 46.5. The topological polar surface area (TPSA) is 92.8 Å². The highest BCUT2D eigenvalue weighted by Crippen LogP contribution is 2.30. The van der Waals surface area contributed by atoms with E-state index in [-0.39, 0.29) is 17.2 Å². The van der Waals surface area contributed by atoms with Gasteiger partial charge in [0, 0.05) is 31.5 Å². The van der Waals surface area contributed by atoms with Crippen LogP contribution in [-0.2, 0) is 4.74 Å². The molecule has 35 heavy (non-hydrogen) atoms. The number of nitrogens with one attached hydrogen (secondary N) is 2. The number of alkyl carbamates (subject to hydrolysis) is 1. The fraction of sp³-hybridized carbons (Fsp3) is 0.435. The standard InChI is InChI=1S/C23H26BrF3N4O4/c1-22(2,3)35-21(33)29-11-14-8-9-31(13-14)19-18(24)10-15(12-28-19)20(32)30-16-4-6-17(7-5-16)34-23(25,26)27/h4-7,10,12,14H,8-9,11,13H2,1-3H3,(H,29,33)(H,30,32)/t14-/m1/s1. The molecule has 0 radical (unpaired) electrons. The van der Waals surface area contributed by atoms with Gasteiger partial charge in [-0.1, -0.05) is 0 Å². The van der Waals surface area contributed by atoms with Crippen LogP contribution in [0.2, 0.25) is 0 Å². The molecule has 1 aromatic heterocycles. The van der Waals surface area contributed by atoms with Crippen molar-refractivity contribution in [2.45, 2.75) is 39.2 Å². The van der Waals surface area contributed by atoms with Crippen LogP contribution in [0.1, 0.15) is 37.6 Å². The normalized spacial score (nSPS) is 16.1. The van der Waals surface area contributed by atoms with E-state index in [0.717, 1.165) is 25.1 Å². The number of carbonyl (C=O) groups is 2. The monoisotopic (exact) mass is 558 g/mol. The quantitative estimate of drug-likeness (QED) is 0.496. The van der Waals surface area contributed by atoms with E-state index in [1.54, 1.807) is 26.8 Å². The van der Waals surface area contributed by atoms with Gasteiger partial charge < -0.3 is 25.0 Å². The van der Waals surface area contributed by atoms with Gasteiger partial charge in [-0.2, -0.15) is 0 Å². The van der Waals surface area contributed by atoms with E-state index in [1.807, 2.05) is 0 Å². The molecule has 190 valence electrons. The highest BCUT2D eigenvalue weighted by molar-refractivity contribution is 9.10. The summed E-state index contributed by atoms with van der Waals surface area (Å²) in [6.45, 7) is 7.32. The van der Waals surface area contributed by atoms with Gasteiger partial charge in [-0.15, -0.1) is 13.2 Å². The molecular formula is C23H26BrF3N4O4. The Hall–Kier alpha value is -3.02. The first-order chi connectivity index (χ1) is 16.3. The number of anilines is 2. The van der Waals surface area contributed by atoms with Crippen LogP contribution in [0, 0.1) is 5.92 Å². The summed E-state index contributed by atoms with van der Waals surface area (Å²) in [5.41, 5.74) is 0.0303. The van der Waals surface area contributed by atoms with Crippen molar-refractivity contribution in [3.8, 4) is 5.75 Å². The Bertz CT molecular complexity index is 1060. The zero-order valence-corrected chi connectivity index (χ0v) is 21.0. The molecule has 1 fully saturated rings. The van der Waals surface area contributed by atoms with Gasteiger partial charge in [-0.05, 0) is 79.4 Å². The third-order valence-corrected chi connectivity index (χ3v) is 5.53. The number of hydrogen-bond acceptors (Lipinski definition) is 6. The van der Waals surface area contributed by atoms with Crippen molar-refractivity contribution in [1.29, 1.82) is 0 Å². The summed E-state index contributed by atoms with van der Waals surface area (Å²) in [6, 6.07) is 6.48. The lowest BCUT2D eigenvalue weighted by atomic mass is 10.1. The molecule has 0 saturated carbocycles. The van der Waals surface area contributed by atoms with Crippen molar-refractivity contribution in [1.82, 2.24) is 10.3 Å². The smallest absolute Gasteiger partial charge is 0.444 e. The zero-order chi connectivity index (χ0) is 25.8. The van der Waals surface area contributed by atoms with Crippen LogP contribution in [0.5, 0.6) is 5.75 Å². The number of carbonyl (C=O) groups excluding carboxylic acids is 2. The number of hydrogen-bond donors (Lipinski definition) is 2. The summed E-state index contributed by atoms with van der Waals surface area (Å²) in [7, 11) is 0. The van der Waals surface area contributed by atoms with Crippen LogP contribution in [-0.4, -0.2) is 48.6 Å². The van der Waals surface area contributed by atoms with E-state index in [0.29, 0.717) is 29.1 Å². The van der Waals surface area contributed by atoms with E-state index in [1.165, 1.54) is 18.3 Å². The summed E-state index contributed by atoms with van der Waals surface area (Å²) in [6.07, 6.45) is -2.94. The Kier molecular flexibility index (Phi) is 8.14. The summed E-state index contributed by atoms with van der Waals surface area (Å²) >= 11 is 3.47. The summed E-state index contributed by atoms with van der Waals surface area (Å²) in [4.78, 5) is 30.9. The second-order valence-electron chi connectivity index (χ2n) is 9.04. The van der Waals surface area contributed by atoms with Gasteiger partial charge in [0.25, 0.3) is 5.91 Å². The van der Waals surface area contributed by atoms with Crippen LogP contribution < -0.4 is 20.3 Å². The molecule has 0 unspecified atom stereocenters. The highest BCUT2D eigenvalue weighted by Gasteiger charge is 2.31. The van der Waals surface area contributed by atoms with Gasteiger partial charge in [-0.25, -0.2) is 9.78 Å². The van der Waals surface area contributed by atoms with Gasteiger partial charge in [0.2, 0.25) is 0 Å². The lowest BCUT2D eigenvalue weighted by Crippen LogP contribution is -2.36. The van der Waals surface area contributed by atoms with Gasteiger partial charge in [0.15, 0.2) is 0 Å². The van der Waals surface area contributed by atoms with Crippen molar-refractivity contribution in [2.24, 2.45) is 5.92 Å². The molecule has 3 rings (SSSR count). The average Bonchev–Trinajstić information content (AvgIpc) is 3.20. The summed E-state index contributed by atoms with van der Waals surface area (Å²) in [5, 5.41) is 5.41. The number of benzene rings is 1. The molecule has 1 aliphatic heterocycles. The van der Waals surface area contributed by atoms with Crippen LogP contribution in [0.4, 0.5) is 29.5 Å². The Balaban J connectivity index is 1.55. The Labute approximate surface area is 209 Å². The molecule has 2 N–H and O–H groups in total. The van der Waals surface area contributed by atoms with E-state index in [4.69, 9.17) is 4.74 Å². The van der Waals surface area contributed by atoms with Crippen LogP contribution in [0.3, 0.4) is 0 Å². The Morgan fingerprint density at radius 3 is 2.49 bits per heavy atom. The van der Waals surface area contributed by atoms with Crippen LogP contribution in [0.25, 0.3) is 0 Å². The third-order valence-electron chi connectivity index (χ3n) is 4.95. The third kappa shape index (κ3) is 8.30. The number of pyridine rings is 1. The molecule has 0 aliphatic carbocycles. The zero-order valence-electron chi connectivity index (χ0n) is 19.4. The number of nitrogens with zero attached hydrogens (tertiary/aromatic N) is 2. The number of aromatic nitrogens is 1. The van der Waals surface area contributed by atoms with Gasteiger partial charge in [-0.3, -0.25) is 4.79 Å². The molecular weight excluding hydrogens is 533 g/mol. The largest absolute Gasteiger partial charge is 0.573 e.